The average molecular weight is 264 g/mol. The molecular formula is C15H20O4. The molecule has 0 amide bonds. The standard InChI is InChI=1S/C15H20O4/c1-18-13-8-7-11(3-2-4-15(16)17)9-14(13)19-10-12-5-6-12/h7-9,12H,2-6,10H2,1H3,(H,16,17). The van der Waals surface area contributed by atoms with Gasteiger partial charge in [-0.1, -0.05) is 6.07 Å². The number of carboxylic acids is 1. The predicted octanol–water partition coefficient (Wildman–Crippen LogP) is 2.89. The van der Waals surface area contributed by atoms with E-state index in [-0.39, 0.29) is 6.42 Å². The van der Waals surface area contributed by atoms with Gasteiger partial charge in [0.25, 0.3) is 0 Å². The first-order valence-electron chi connectivity index (χ1n) is 6.70. The molecule has 0 aromatic heterocycles. The van der Waals surface area contributed by atoms with Crippen molar-refractivity contribution in [1.82, 2.24) is 0 Å². The summed E-state index contributed by atoms with van der Waals surface area (Å²) in [6.07, 6.45) is 4.09. The number of ether oxygens (including phenoxy) is 2. The van der Waals surface area contributed by atoms with Crippen LogP contribution < -0.4 is 9.47 Å². The maximum atomic E-state index is 10.5. The first kappa shape index (κ1) is 13.7. The molecule has 0 radical (unpaired) electrons. The van der Waals surface area contributed by atoms with E-state index in [4.69, 9.17) is 14.6 Å². The number of hydrogen-bond donors (Lipinski definition) is 1. The van der Waals surface area contributed by atoms with E-state index < -0.39 is 5.97 Å². The molecule has 1 saturated carbocycles. The number of carbonyl (C=O) groups is 1. The Hall–Kier alpha value is -1.71. The Morgan fingerprint density at radius 3 is 2.79 bits per heavy atom. The van der Waals surface area contributed by atoms with Crippen LogP contribution in [0.25, 0.3) is 0 Å². The lowest BCUT2D eigenvalue weighted by Crippen LogP contribution is -2.02. The van der Waals surface area contributed by atoms with Crippen molar-refractivity contribution >= 4 is 5.97 Å². The molecule has 0 unspecified atom stereocenters. The molecule has 1 aliphatic carbocycles. The molecule has 1 N–H and O–H groups in total. The molecule has 1 aromatic carbocycles. The number of aryl methyl sites for hydroxylation is 1. The van der Waals surface area contributed by atoms with Gasteiger partial charge >= 0.3 is 5.97 Å². The molecule has 19 heavy (non-hydrogen) atoms. The monoisotopic (exact) mass is 264 g/mol. The molecule has 2 rings (SSSR count). The van der Waals surface area contributed by atoms with Crippen LogP contribution in [0, 0.1) is 5.92 Å². The van der Waals surface area contributed by atoms with Gasteiger partial charge in [-0.2, -0.15) is 0 Å². The van der Waals surface area contributed by atoms with Crippen molar-refractivity contribution in [3.05, 3.63) is 23.8 Å². The Labute approximate surface area is 113 Å². The Kier molecular flexibility index (Phi) is 4.66. The lowest BCUT2D eigenvalue weighted by molar-refractivity contribution is -0.137. The first-order chi connectivity index (χ1) is 9.19. The zero-order valence-corrected chi connectivity index (χ0v) is 11.2. The van der Waals surface area contributed by atoms with Crippen LogP contribution in [-0.4, -0.2) is 24.8 Å². The molecule has 0 bridgehead atoms. The third kappa shape index (κ3) is 4.47. The number of carboxylic acid groups (broad SMARTS) is 1. The summed E-state index contributed by atoms with van der Waals surface area (Å²) in [6, 6.07) is 5.81. The molecule has 4 heteroatoms. The van der Waals surface area contributed by atoms with Gasteiger partial charge in [-0.05, 0) is 49.3 Å². The zero-order valence-electron chi connectivity index (χ0n) is 11.2. The highest BCUT2D eigenvalue weighted by Crippen LogP contribution is 2.33. The van der Waals surface area contributed by atoms with Crippen LogP contribution in [-0.2, 0) is 11.2 Å². The summed E-state index contributed by atoms with van der Waals surface area (Å²) < 4.78 is 11.1. The Balaban J connectivity index is 1.95. The molecule has 4 nitrogen and oxygen atoms in total. The number of methoxy groups -OCH3 is 1. The van der Waals surface area contributed by atoms with Crippen LogP contribution in [0.15, 0.2) is 18.2 Å². The smallest absolute Gasteiger partial charge is 0.303 e. The minimum absolute atomic E-state index is 0.199. The SMILES string of the molecule is COc1ccc(CCCC(=O)O)cc1OCC1CC1. The highest BCUT2D eigenvalue weighted by atomic mass is 16.5. The molecule has 1 aromatic rings. The van der Waals surface area contributed by atoms with E-state index in [0.29, 0.717) is 12.3 Å². The molecule has 0 spiro atoms. The third-order valence-electron chi connectivity index (χ3n) is 3.26. The van der Waals surface area contributed by atoms with Gasteiger partial charge in [0.2, 0.25) is 0 Å². The van der Waals surface area contributed by atoms with Crippen molar-refractivity contribution in [1.29, 1.82) is 0 Å². The normalized spacial score (nSPS) is 14.2. The molecule has 0 atom stereocenters. The van der Waals surface area contributed by atoms with Crippen molar-refractivity contribution in [2.45, 2.75) is 32.1 Å². The number of benzene rings is 1. The molecule has 0 saturated heterocycles. The van der Waals surface area contributed by atoms with Gasteiger partial charge in [0.15, 0.2) is 11.5 Å². The van der Waals surface area contributed by atoms with E-state index >= 15 is 0 Å². The second-order valence-electron chi connectivity index (χ2n) is 4.99. The summed E-state index contributed by atoms with van der Waals surface area (Å²) in [7, 11) is 1.63. The molecule has 0 heterocycles. The fourth-order valence-corrected chi connectivity index (χ4v) is 1.93. The van der Waals surface area contributed by atoms with Crippen LogP contribution in [0.2, 0.25) is 0 Å². The van der Waals surface area contributed by atoms with Crippen LogP contribution in [0.5, 0.6) is 11.5 Å². The van der Waals surface area contributed by atoms with Gasteiger partial charge in [-0.3, -0.25) is 4.79 Å². The van der Waals surface area contributed by atoms with Crippen molar-refractivity contribution in [2.75, 3.05) is 13.7 Å². The van der Waals surface area contributed by atoms with E-state index in [1.165, 1.54) is 12.8 Å². The number of aliphatic carboxylic acids is 1. The Morgan fingerprint density at radius 1 is 1.37 bits per heavy atom. The molecule has 0 aliphatic heterocycles. The Bertz CT molecular complexity index is 438. The molecule has 104 valence electrons. The van der Waals surface area contributed by atoms with Crippen molar-refractivity contribution in [3.63, 3.8) is 0 Å². The van der Waals surface area contributed by atoms with E-state index in [2.05, 4.69) is 0 Å². The number of hydrogen-bond acceptors (Lipinski definition) is 3. The van der Waals surface area contributed by atoms with Gasteiger partial charge in [-0.25, -0.2) is 0 Å². The van der Waals surface area contributed by atoms with E-state index in [1.54, 1.807) is 7.11 Å². The zero-order chi connectivity index (χ0) is 13.7. The third-order valence-corrected chi connectivity index (χ3v) is 3.26. The van der Waals surface area contributed by atoms with Gasteiger partial charge < -0.3 is 14.6 Å². The Morgan fingerprint density at radius 2 is 2.16 bits per heavy atom. The van der Waals surface area contributed by atoms with Crippen LogP contribution in [0.4, 0.5) is 0 Å². The first-order valence-corrected chi connectivity index (χ1v) is 6.70. The maximum Gasteiger partial charge on any atom is 0.303 e. The summed E-state index contributed by atoms with van der Waals surface area (Å²) in [6.45, 7) is 0.745. The van der Waals surface area contributed by atoms with Crippen molar-refractivity contribution in [3.8, 4) is 11.5 Å². The van der Waals surface area contributed by atoms with Gasteiger partial charge in [-0.15, -0.1) is 0 Å². The minimum atomic E-state index is -0.751. The quantitative estimate of drug-likeness (QED) is 0.784. The summed E-state index contributed by atoms with van der Waals surface area (Å²) in [5.74, 6) is 1.45. The van der Waals surface area contributed by atoms with E-state index in [1.807, 2.05) is 18.2 Å². The van der Waals surface area contributed by atoms with Gasteiger partial charge in [0.1, 0.15) is 0 Å². The van der Waals surface area contributed by atoms with E-state index in [9.17, 15) is 4.79 Å². The molecule has 1 fully saturated rings. The van der Waals surface area contributed by atoms with E-state index in [0.717, 1.165) is 30.1 Å². The fraction of sp³-hybridized carbons (Fsp3) is 0.533. The second-order valence-corrected chi connectivity index (χ2v) is 4.99. The van der Waals surface area contributed by atoms with Crippen LogP contribution in [0.3, 0.4) is 0 Å². The second kappa shape index (κ2) is 6.45. The van der Waals surface area contributed by atoms with Crippen LogP contribution >= 0.6 is 0 Å². The lowest BCUT2D eigenvalue weighted by Gasteiger charge is -2.12. The fourth-order valence-electron chi connectivity index (χ4n) is 1.93. The minimum Gasteiger partial charge on any atom is -0.493 e. The van der Waals surface area contributed by atoms with Crippen LogP contribution in [0.1, 0.15) is 31.2 Å². The van der Waals surface area contributed by atoms with Gasteiger partial charge in [0.05, 0.1) is 13.7 Å². The number of rotatable bonds is 8. The summed E-state index contributed by atoms with van der Waals surface area (Å²) >= 11 is 0. The summed E-state index contributed by atoms with van der Waals surface area (Å²) in [5, 5.41) is 8.64. The molecule has 1 aliphatic rings. The van der Waals surface area contributed by atoms with Crippen molar-refractivity contribution < 1.29 is 19.4 Å². The predicted molar refractivity (Wildman–Crippen MR) is 71.8 cm³/mol. The van der Waals surface area contributed by atoms with Gasteiger partial charge in [0, 0.05) is 6.42 Å². The molecular weight excluding hydrogens is 244 g/mol. The summed E-state index contributed by atoms with van der Waals surface area (Å²) in [4.78, 5) is 10.5. The lowest BCUT2D eigenvalue weighted by atomic mass is 10.1. The van der Waals surface area contributed by atoms with Crippen molar-refractivity contribution in [2.24, 2.45) is 5.92 Å². The topological polar surface area (TPSA) is 55.8 Å². The highest BCUT2D eigenvalue weighted by Gasteiger charge is 2.22. The largest absolute Gasteiger partial charge is 0.493 e. The average Bonchev–Trinajstić information content (AvgIpc) is 3.20. The highest BCUT2D eigenvalue weighted by molar-refractivity contribution is 5.66. The maximum absolute atomic E-state index is 10.5. The summed E-state index contributed by atoms with van der Waals surface area (Å²) in [5.41, 5.74) is 1.09.